The van der Waals surface area contributed by atoms with Gasteiger partial charge in [0.1, 0.15) is 11.2 Å². The van der Waals surface area contributed by atoms with E-state index < -0.39 is 5.38 Å². The van der Waals surface area contributed by atoms with Crippen LogP contribution in [0.3, 0.4) is 0 Å². The maximum atomic E-state index is 12.7. The maximum absolute atomic E-state index is 12.7. The highest BCUT2D eigenvalue weighted by molar-refractivity contribution is 6.35. The summed E-state index contributed by atoms with van der Waals surface area (Å²) in [6.07, 6.45) is 0.452. The predicted molar refractivity (Wildman–Crippen MR) is 44.1 cm³/mol. The lowest BCUT2D eigenvalue weighted by atomic mass is 10.1. The molecule has 0 saturated heterocycles. The molecule has 0 N–H and O–H groups in total. The van der Waals surface area contributed by atoms with E-state index in [1.807, 2.05) is 0 Å². The molecule has 0 spiro atoms. The number of hydrogen-bond donors (Lipinski definition) is 0. The van der Waals surface area contributed by atoms with Crippen molar-refractivity contribution in [3.05, 3.63) is 35.1 Å². The van der Waals surface area contributed by atoms with E-state index in [1.54, 1.807) is 0 Å². The smallest absolute Gasteiger partial charge is 0.181 e. The van der Waals surface area contributed by atoms with Gasteiger partial charge < -0.3 is 0 Å². The summed E-state index contributed by atoms with van der Waals surface area (Å²) in [4.78, 5) is 11.3. The van der Waals surface area contributed by atoms with E-state index in [4.69, 9.17) is 11.6 Å². The summed E-state index contributed by atoms with van der Waals surface area (Å²) < 4.78 is 12.7. The highest BCUT2D eigenvalue weighted by Gasteiger charge is 2.28. The van der Waals surface area contributed by atoms with Crippen LogP contribution < -0.4 is 0 Å². The van der Waals surface area contributed by atoms with Crippen LogP contribution in [0.2, 0.25) is 0 Å². The van der Waals surface area contributed by atoms with Gasteiger partial charge in [-0.3, -0.25) is 4.79 Å². The minimum Gasteiger partial charge on any atom is -0.292 e. The number of alkyl halides is 1. The van der Waals surface area contributed by atoms with Gasteiger partial charge in [0.2, 0.25) is 0 Å². The van der Waals surface area contributed by atoms with Crippen molar-refractivity contribution in [2.24, 2.45) is 0 Å². The lowest BCUT2D eigenvalue weighted by molar-refractivity contribution is 0.0998. The minimum absolute atomic E-state index is 0.0910. The van der Waals surface area contributed by atoms with Gasteiger partial charge in [-0.2, -0.15) is 0 Å². The molecule has 1 aliphatic carbocycles. The van der Waals surface area contributed by atoms with Crippen LogP contribution in [-0.4, -0.2) is 11.2 Å². The van der Waals surface area contributed by atoms with Gasteiger partial charge in [0, 0.05) is 5.56 Å². The third kappa shape index (κ3) is 1.03. The number of hydrogen-bond acceptors (Lipinski definition) is 1. The predicted octanol–water partition coefficient (Wildman–Crippen LogP) is 2.17. The normalized spacial score (nSPS) is 21.2. The summed E-state index contributed by atoms with van der Waals surface area (Å²) in [6.45, 7) is 0. The summed E-state index contributed by atoms with van der Waals surface area (Å²) in [7, 11) is 0. The van der Waals surface area contributed by atoms with Crippen LogP contribution >= 0.6 is 11.6 Å². The van der Waals surface area contributed by atoms with Crippen molar-refractivity contribution >= 4 is 17.4 Å². The van der Waals surface area contributed by atoms with E-state index in [1.165, 1.54) is 18.2 Å². The average Bonchev–Trinajstić information content (AvgIpc) is 2.28. The molecule has 1 aromatic rings. The Morgan fingerprint density at radius 1 is 1.50 bits per heavy atom. The Kier molecular flexibility index (Phi) is 1.65. The third-order valence-corrected chi connectivity index (χ3v) is 2.37. The second-order valence-corrected chi connectivity index (χ2v) is 3.36. The molecule has 1 unspecified atom stereocenters. The van der Waals surface area contributed by atoms with Crippen molar-refractivity contribution in [1.29, 1.82) is 0 Å². The second-order valence-electron chi connectivity index (χ2n) is 2.84. The van der Waals surface area contributed by atoms with E-state index in [2.05, 4.69) is 0 Å². The molecule has 0 saturated carbocycles. The molecule has 0 radical (unpaired) electrons. The molecule has 1 aromatic carbocycles. The Morgan fingerprint density at radius 3 is 3.00 bits per heavy atom. The molecule has 1 nitrogen and oxygen atoms in total. The van der Waals surface area contributed by atoms with Crippen LogP contribution in [-0.2, 0) is 6.42 Å². The summed E-state index contributed by atoms with van der Waals surface area (Å²) in [5.74, 6) is -0.404. The second kappa shape index (κ2) is 2.56. The summed E-state index contributed by atoms with van der Waals surface area (Å²) in [5, 5.41) is -0.498. The minimum atomic E-state index is -0.498. The van der Waals surface area contributed by atoms with E-state index in [0.29, 0.717) is 12.0 Å². The largest absolute Gasteiger partial charge is 0.292 e. The van der Waals surface area contributed by atoms with Gasteiger partial charge in [0.05, 0.1) is 0 Å². The highest BCUT2D eigenvalue weighted by atomic mass is 35.5. The van der Waals surface area contributed by atoms with Crippen LogP contribution in [0.1, 0.15) is 15.9 Å². The number of fused-ring (bicyclic) bond motifs is 1. The van der Waals surface area contributed by atoms with Crippen molar-refractivity contribution in [1.82, 2.24) is 0 Å². The van der Waals surface area contributed by atoms with Crippen LogP contribution in [0.15, 0.2) is 18.2 Å². The Bertz CT molecular complexity index is 348. The summed E-state index contributed by atoms with van der Waals surface area (Å²) in [6, 6.07) is 4.15. The number of carbonyl (C=O) groups is 1. The van der Waals surface area contributed by atoms with Crippen molar-refractivity contribution in [2.75, 3.05) is 0 Å². The number of Topliss-reactive ketones (excluding diaryl/α,β-unsaturated/α-hetero) is 1. The van der Waals surface area contributed by atoms with Crippen LogP contribution in [0.4, 0.5) is 4.39 Å². The maximum Gasteiger partial charge on any atom is 0.181 e. The first kappa shape index (κ1) is 7.74. The molecular weight excluding hydrogens is 179 g/mol. The zero-order valence-corrected chi connectivity index (χ0v) is 6.94. The van der Waals surface area contributed by atoms with Crippen molar-refractivity contribution in [3.63, 3.8) is 0 Å². The van der Waals surface area contributed by atoms with E-state index in [9.17, 15) is 9.18 Å². The first-order valence-electron chi connectivity index (χ1n) is 3.65. The molecule has 12 heavy (non-hydrogen) atoms. The van der Waals surface area contributed by atoms with Gasteiger partial charge >= 0.3 is 0 Å². The highest BCUT2D eigenvalue weighted by Crippen LogP contribution is 2.25. The number of ketones is 1. The molecule has 0 fully saturated rings. The average molecular weight is 185 g/mol. The number of halogens is 2. The zero-order valence-electron chi connectivity index (χ0n) is 6.18. The first-order valence-corrected chi connectivity index (χ1v) is 4.09. The van der Waals surface area contributed by atoms with Gasteiger partial charge in [-0.1, -0.05) is 0 Å². The van der Waals surface area contributed by atoms with Crippen molar-refractivity contribution in [3.8, 4) is 0 Å². The monoisotopic (exact) mass is 184 g/mol. The standard InChI is InChI=1S/C9H6ClFO/c10-8-4-5-3-6(11)1-2-7(5)9(8)12/h1-3,8H,4H2. The molecule has 2 rings (SSSR count). The first-order chi connectivity index (χ1) is 5.68. The third-order valence-electron chi connectivity index (χ3n) is 2.02. The zero-order chi connectivity index (χ0) is 8.72. The topological polar surface area (TPSA) is 17.1 Å². The lowest BCUT2D eigenvalue weighted by Gasteiger charge is -1.94. The molecule has 0 heterocycles. The van der Waals surface area contributed by atoms with Crippen LogP contribution in [0, 0.1) is 5.82 Å². The van der Waals surface area contributed by atoms with E-state index >= 15 is 0 Å². The molecule has 3 heteroatoms. The quantitative estimate of drug-likeness (QED) is 0.565. The van der Waals surface area contributed by atoms with Gasteiger partial charge in [-0.15, -0.1) is 11.6 Å². The van der Waals surface area contributed by atoms with Crippen LogP contribution in [0.25, 0.3) is 0 Å². The fraction of sp³-hybridized carbons (Fsp3) is 0.222. The molecule has 1 atom stereocenters. The van der Waals surface area contributed by atoms with E-state index in [-0.39, 0.29) is 11.6 Å². The molecular formula is C9H6ClFO. The van der Waals surface area contributed by atoms with Gasteiger partial charge in [0.15, 0.2) is 5.78 Å². The summed E-state index contributed by atoms with van der Waals surface area (Å²) >= 11 is 5.71. The number of carbonyl (C=O) groups excluding carboxylic acids is 1. The fourth-order valence-electron chi connectivity index (χ4n) is 1.43. The Labute approximate surface area is 74.2 Å². The van der Waals surface area contributed by atoms with Crippen molar-refractivity contribution < 1.29 is 9.18 Å². The number of benzene rings is 1. The SMILES string of the molecule is O=C1c2ccc(F)cc2CC1Cl. The molecule has 0 amide bonds. The molecule has 0 aromatic heterocycles. The number of rotatable bonds is 0. The molecule has 0 aliphatic heterocycles. The Morgan fingerprint density at radius 2 is 2.25 bits per heavy atom. The van der Waals surface area contributed by atoms with Gasteiger partial charge in [-0.25, -0.2) is 4.39 Å². The Hall–Kier alpha value is -0.890. The van der Waals surface area contributed by atoms with Gasteiger partial charge in [0.25, 0.3) is 0 Å². The van der Waals surface area contributed by atoms with E-state index in [0.717, 1.165) is 5.56 Å². The molecule has 0 bridgehead atoms. The molecule has 1 aliphatic rings. The van der Waals surface area contributed by atoms with Gasteiger partial charge in [-0.05, 0) is 30.2 Å². The van der Waals surface area contributed by atoms with Crippen LogP contribution in [0.5, 0.6) is 0 Å². The summed E-state index contributed by atoms with van der Waals surface area (Å²) in [5.41, 5.74) is 1.29. The Balaban J connectivity index is 2.54. The molecule has 62 valence electrons. The fourth-order valence-corrected chi connectivity index (χ4v) is 1.71. The lowest BCUT2D eigenvalue weighted by Crippen LogP contribution is -2.06. The van der Waals surface area contributed by atoms with Crippen molar-refractivity contribution in [2.45, 2.75) is 11.8 Å².